The van der Waals surface area contributed by atoms with E-state index in [1.807, 2.05) is 26.0 Å². The molecule has 0 aromatic heterocycles. The molecular formula is C26H26N4O6. The van der Waals surface area contributed by atoms with E-state index in [0.717, 1.165) is 11.1 Å². The van der Waals surface area contributed by atoms with Crippen LogP contribution < -0.4 is 25.8 Å². The summed E-state index contributed by atoms with van der Waals surface area (Å²) in [6.07, 6.45) is 0.268. The van der Waals surface area contributed by atoms with Crippen LogP contribution in [0.2, 0.25) is 0 Å². The molecule has 186 valence electrons. The Balaban J connectivity index is 1.42. The van der Waals surface area contributed by atoms with Gasteiger partial charge in [-0.05, 0) is 43.5 Å². The number of ether oxygens (including phenoxy) is 2. The van der Waals surface area contributed by atoms with E-state index in [9.17, 15) is 19.2 Å². The predicted octanol–water partition coefficient (Wildman–Crippen LogP) is 1.22. The van der Waals surface area contributed by atoms with Crippen LogP contribution in [0.1, 0.15) is 35.1 Å². The second-order valence-electron chi connectivity index (χ2n) is 9.98. The highest BCUT2D eigenvalue weighted by atomic mass is 16.7. The van der Waals surface area contributed by atoms with Crippen molar-refractivity contribution < 1.29 is 28.7 Å². The first-order valence-electron chi connectivity index (χ1n) is 11.9. The smallest absolute Gasteiger partial charge is 0.250 e. The third kappa shape index (κ3) is 3.07. The highest BCUT2D eigenvalue weighted by Crippen LogP contribution is 2.54. The third-order valence-corrected chi connectivity index (χ3v) is 7.74. The molecule has 4 N–H and O–H groups in total. The zero-order chi connectivity index (χ0) is 25.4. The van der Waals surface area contributed by atoms with Gasteiger partial charge in [0.05, 0.1) is 18.4 Å². The number of imide groups is 1. The van der Waals surface area contributed by atoms with Gasteiger partial charge in [-0.25, -0.2) is 0 Å². The van der Waals surface area contributed by atoms with Crippen molar-refractivity contribution in [2.45, 2.75) is 44.8 Å². The average molecular weight is 491 g/mol. The van der Waals surface area contributed by atoms with E-state index < -0.39 is 35.2 Å². The van der Waals surface area contributed by atoms with E-state index in [0.29, 0.717) is 28.3 Å². The number of fused-ring (bicyclic) bond motifs is 5. The fourth-order valence-electron chi connectivity index (χ4n) is 6.24. The molecular weight excluding hydrogens is 464 g/mol. The molecule has 0 saturated carbocycles. The van der Waals surface area contributed by atoms with Crippen molar-refractivity contribution in [3.63, 3.8) is 0 Å². The predicted molar refractivity (Wildman–Crippen MR) is 127 cm³/mol. The summed E-state index contributed by atoms with van der Waals surface area (Å²) in [5.74, 6) is -2.25. The van der Waals surface area contributed by atoms with Crippen LogP contribution >= 0.6 is 0 Å². The Morgan fingerprint density at radius 1 is 1.11 bits per heavy atom. The topological polar surface area (TPSA) is 140 Å². The molecule has 10 nitrogen and oxygen atoms in total. The summed E-state index contributed by atoms with van der Waals surface area (Å²) >= 11 is 0. The van der Waals surface area contributed by atoms with Crippen molar-refractivity contribution in [1.82, 2.24) is 10.2 Å². The largest absolute Gasteiger partial charge is 0.454 e. The SMILES string of the molecule is Cc1cc(C)c2c(c1)[C@@]1(N[C@H](CCC(N)=O)[C@H]3C(=O)N(Cc4ccc5c(c4)OCO5)C(=O)[C@H]31)C(=O)N2. The number of anilines is 1. The molecule has 6 rings (SSSR count). The number of amides is 4. The summed E-state index contributed by atoms with van der Waals surface area (Å²) in [4.78, 5) is 54.1. The quantitative estimate of drug-likeness (QED) is 0.536. The molecule has 4 aliphatic heterocycles. The summed E-state index contributed by atoms with van der Waals surface area (Å²) in [5.41, 5.74) is 7.83. The summed E-state index contributed by atoms with van der Waals surface area (Å²) in [6.45, 7) is 3.99. The maximum atomic E-state index is 13.9. The Bertz CT molecular complexity index is 1360. The Labute approximate surface area is 207 Å². The van der Waals surface area contributed by atoms with Crippen molar-refractivity contribution in [2.24, 2.45) is 17.6 Å². The second-order valence-corrected chi connectivity index (χ2v) is 9.98. The normalized spacial score (nSPS) is 27.6. The minimum Gasteiger partial charge on any atom is -0.454 e. The summed E-state index contributed by atoms with van der Waals surface area (Å²) < 4.78 is 10.8. The highest BCUT2D eigenvalue weighted by Gasteiger charge is 2.70. The number of rotatable bonds is 5. The number of hydrogen-bond donors (Lipinski definition) is 3. The number of hydrogen-bond acceptors (Lipinski definition) is 7. The number of likely N-dealkylation sites (tertiary alicyclic amines) is 1. The molecule has 4 atom stereocenters. The fraction of sp³-hybridized carbons (Fsp3) is 0.385. The minimum atomic E-state index is -1.41. The third-order valence-electron chi connectivity index (χ3n) is 7.74. The number of aryl methyl sites for hydroxylation is 2. The van der Waals surface area contributed by atoms with Gasteiger partial charge < -0.3 is 20.5 Å². The molecule has 1 spiro atoms. The number of nitrogens with two attached hydrogens (primary N) is 1. The van der Waals surface area contributed by atoms with Gasteiger partial charge in [-0.3, -0.25) is 29.4 Å². The molecule has 4 heterocycles. The van der Waals surface area contributed by atoms with Gasteiger partial charge >= 0.3 is 0 Å². The molecule has 0 unspecified atom stereocenters. The van der Waals surface area contributed by atoms with E-state index in [2.05, 4.69) is 10.6 Å². The van der Waals surface area contributed by atoms with Gasteiger partial charge in [0.25, 0.3) is 0 Å². The monoisotopic (exact) mass is 490 g/mol. The van der Waals surface area contributed by atoms with E-state index in [1.165, 1.54) is 4.90 Å². The first kappa shape index (κ1) is 22.5. The van der Waals surface area contributed by atoms with E-state index in [1.54, 1.807) is 18.2 Å². The van der Waals surface area contributed by atoms with Crippen LogP contribution in [0.3, 0.4) is 0 Å². The molecule has 2 saturated heterocycles. The first-order valence-corrected chi connectivity index (χ1v) is 11.9. The summed E-state index contributed by atoms with van der Waals surface area (Å²) in [5, 5.41) is 6.29. The number of carbonyl (C=O) groups is 4. The average Bonchev–Trinajstić information content (AvgIpc) is 3.55. The van der Waals surface area contributed by atoms with Crippen LogP contribution in [0.4, 0.5) is 5.69 Å². The van der Waals surface area contributed by atoms with Gasteiger partial charge in [0, 0.05) is 23.7 Å². The second kappa shape index (κ2) is 7.79. The van der Waals surface area contributed by atoms with Gasteiger partial charge in [0.2, 0.25) is 30.4 Å². The molecule has 4 amide bonds. The summed E-state index contributed by atoms with van der Waals surface area (Å²) in [6, 6.07) is 8.56. The number of nitrogens with zero attached hydrogens (tertiary/aromatic N) is 1. The molecule has 2 fully saturated rings. The van der Waals surface area contributed by atoms with Crippen molar-refractivity contribution in [3.8, 4) is 11.5 Å². The lowest BCUT2D eigenvalue weighted by Gasteiger charge is -2.30. The maximum Gasteiger partial charge on any atom is 0.250 e. The van der Waals surface area contributed by atoms with E-state index in [-0.39, 0.29) is 38.0 Å². The van der Waals surface area contributed by atoms with Crippen molar-refractivity contribution >= 4 is 29.3 Å². The highest BCUT2D eigenvalue weighted by molar-refractivity contribution is 6.15. The van der Waals surface area contributed by atoms with Gasteiger partial charge in [-0.1, -0.05) is 23.8 Å². The van der Waals surface area contributed by atoms with Crippen molar-refractivity contribution in [3.05, 3.63) is 52.6 Å². The van der Waals surface area contributed by atoms with Gasteiger partial charge in [-0.2, -0.15) is 0 Å². The van der Waals surface area contributed by atoms with Crippen LogP contribution in [0.15, 0.2) is 30.3 Å². The molecule has 0 aliphatic carbocycles. The zero-order valence-electron chi connectivity index (χ0n) is 19.9. The first-order chi connectivity index (χ1) is 17.2. The molecule has 2 aromatic carbocycles. The van der Waals surface area contributed by atoms with Crippen LogP contribution in [-0.4, -0.2) is 41.4 Å². The molecule has 10 heteroatoms. The molecule has 36 heavy (non-hydrogen) atoms. The van der Waals surface area contributed by atoms with Crippen LogP contribution in [0.25, 0.3) is 0 Å². The fourth-order valence-corrected chi connectivity index (χ4v) is 6.24. The number of primary amides is 1. The molecule has 2 aromatic rings. The lowest BCUT2D eigenvalue weighted by molar-refractivity contribution is -0.143. The molecule has 4 aliphatic rings. The van der Waals surface area contributed by atoms with Crippen LogP contribution in [0, 0.1) is 25.7 Å². The van der Waals surface area contributed by atoms with Crippen LogP contribution in [0.5, 0.6) is 11.5 Å². The Hall–Kier alpha value is -3.92. The number of nitrogens with one attached hydrogen (secondary N) is 2. The van der Waals surface area contributed by atoms with E-state index in [4.69, 9.17) is 15.2 Å². The maximum absolute atomic E-state index is 13.9. The Morgan fingerprint density at radius 3 is 2.67 bits per heavy atom. The zero-order valence-corrected chi connectivity index (χ0v) is 19.9. The van der Waals surface area contributed by atoms with Crippen molar-refractivity contribution in [1.29, 1.82) is 0 Å². The Morgan fingerprint density at radius 2 is 1.89 bits per heavy atom. The summed E-state index contributed by atoms with van der Waals surface area (Å²) in [7, 11) is 0. The van der Waals surface area contributed by atoms with Crippen LogP contribution in [-0.2, 0) is 31.3 Å². The Kier molecular flexibility index (Phi) is 4.88. The van der Waals surface area contributed by atoms with Gasteiger partial charge in [0.15, 0.2) is 11.5 Å². The minimum absolute atomic E-state index is 0.0297. The van der Waals surface area contributed by atoms with Crippen molar-refractivity contribution in [2.75, 3.05) is 12.1 Å². The van der Waals surface area contributed by atoms with Gasteiger partial charge in [0.1, 0.15) is 5.54 Å². The standard InChI is InChI=1S/C26H26N4O6/c1-12-7-13(2)22-15(8-12)26(25(34)28-22)21-20(16(29-26)4-6-19(27)31)23(32)30(24(21)33)10-14-3-5-17-18(9-14)36-11-35-17/h3,5,7-9,16,20-21,29H,4,6,10-11H2,1-2H3,(H2,27,31)(H,28,34)/t16-,20-,21+,26+/m1/s1. The molecule has 0 radical (unpaired) electrons. The number of benzene rings is 2. The van der Waals surface area contributed by atoms with E-state index >= 15 is 0 Å². The lowest BCUT2D eigenvalue weighted by atomic mass is 9.75. The molecule has 0 bridgehead atoms. The number of carbonyl (C=O) groups excluding carboxylic acids is 4. The van der Waals surface area contributed by atoms with Gasteiger partial charge in [-0.15, -0.1) is 0 Å². The lowest BCUT2D eigenvalue weighted by Crippen LogP contribution is -2.53.